The van der Waals surface area contributed by atoms with Crippen molar-refractivity contribution >= 4 is 5.69 Å². The summed E-state index contributed by atoms with van der Waals surface area (Å²) in [6.45, 7) is 2.71. The fraction of sp³-hybridized carbons (Fsp3) is 0.533. The second-order valence-electron chi connectivity index (χ2n) is 5.51. The summed E-state index contributed by atoms with van der Waals surface area (Å²) in [6, 6.07) is 9.31. The van der Waals surface area contributed by atoms with Crippen molar-refractivity contribution in [1.29, 1.82) is 5.26 Å². The minimum absolute atomic E-state index is 0.227. The Balaban J connectivity index is 1.89. The number of nitrogens with one attached hydrogen (secondary N) is 1. The number of halogens is 1. The Morgan fingerprint density at radius 2 is 2.05 bits per heavy atom. The van der Waals surface area contributed by atoms with Crippen molar-refractivity contribution in [2.75, 3.05) is 18.5 Å². The number of nitrogens with zero attached hydrogens (tertiary/aromatic N) is 2. The quantitative estimate of drug-likeness (QED) is 0.855. The van der Waals surface area contributed by atoms with Gasteiger partial charge in [-0.15, -0.1) is 0 Å². The number of benzene rings is 1. The Bertz CT molecular complexity index is 461. The molecular formula is C15H20FN3. The number of hydrogen-bond acceptors (Lipinski definition) is 3. The normalized spacial score (nSPS) is 17.6. The number of nitriles is 1. The molecule has 19 heavy (non-hydrogen) atoms. The van der Waals surface area contributed by atoms with Crippen LogP contribution in [0.25, 0.3) is 0 Å². The molecular weight excluding hydrogens is 241 g/mol. The van der Waals surface area contributed by atoms with Crippen molar-refractivity contribution in [3.8, 4) is 6.07 Å². The molecule has 102 valence electrons. The van der Waals surface area contributed by atoms with E-state index in [0.29, 0.717) is 6.04 Å². The molecule has 0 saturated heterocycles. The van der Waals surface area contributed by atoms with Crippen LogP contribution in [-0.2, 0) is 0 Å². The van der Waals surface area contributed by atoms with Crippen LogP contribution in [0.5, 0.6) is 0 Å². The molecule has 1 unspecified atom stereocenters. The maximum atomic E-state index is 12.9. The molecule has 4 heteroatoms. The van der Waals surface area contributed by atoms with Crippen LogP contribution in [0.4, 0.5) is 10.1 Å². The van der Waals surface area contributed by atoms with Crippen molar-refractivity contribution in [3.05, 3.63) is 30.1 Å². The van der Waals surface area contributed by atoms with E-state index in [0.717, 1.165) is 18.7 Å². The van der Waals surface area contributed by atoms with E-state index in [-0.39, 0.29) is 5.82 Å². The second kappa shape index (κ2) is 5.58. The van der Waals surface area contributed by atoms with Gasteiger partial charge in [0.1, 0.15) is 11.4 Å². The molecule has 0 amide bonds. The zero-order valence-corrected chi connectivity index (χ0v) is 11.5. The van der Waals surface area contributed by atoms with Crippen LogP contribution in [0, 0.1) is 17.1 Å². The summed E-state index contributed by atoms with van der Waals surface area (Å²) in [5, 5.41) is 12.7. The molecule has 0 aromatic heterocycles. The lowest BCUT2D eigenvalue weighted by atomic mass is 9.99. The highest BCUT2D eigenvalue weighted by molar-refractivity contribution is 5.45. The van der Waals surface area contributed by atoms with Gasteiger partial charge in [-0.25, -0.2) is 4.39 Å². The molecule has 1 aliphatic carbocycles. The van der Waals surface area contributed by atoms with E-state index >= 15 is 0 Å². The lowest BCUT2D eigenvalue weighted by Crippen LogP contribution is -2.44. The van der Waals surface area contributed by atoms with E-state index in [1.807, 2.05) is 18.9 Å². The van der Waals surface area contributed by atoms with Gasteiger partial charge in [-0.1, -0.05) is 0 Å². The predicted octanol–water partition coefficient (Wildman–Crippen LogP) is 2.69. The van der Waals surface area contributed by atoms with Crippen LogP contribution in [0.15, 0.2) is 24.3 Å². The Morgan fingerprint density at radius 1 is 1.42 bits per heavy atom. The molecule has 1 atom stereocenters. The van der Waals surface area contributed by atoms with E-state index in [1.54, 1.807) is 12.1 Å². The van der Waals surface area contributed by atoms with Crippen molar-refractivity contribution in [2.45, 2.75) is 37.8 Å². The summed E-state index contributed by atoms with van der Waals surface area (Å²) in [7, 11) is 1.96. The van der Waals surface area contributed by atoms with Gasteiger partial charge in [-0.3, -0.25) is 5.32 Å². The summed E-state index contributed by atoms with van der Waals surface area (Å²) in [4.78, 5) is 2.05. The number of anilines is 1. The largest absolute Gasteiger partial charge is 0.374 e. The van der Waals surface area contributed by atoms with Crippen molar-refractivity contribution < 1.29 is 4.39 Å². The van der Waals surface area contributed by atoms with Gasteiger partial charge in [0.25, 0.3) is 0 Å². The first-order valence-corrected chi connectivity index (χ1v) is 6.68. The summed E-state index contributed by atoms with van der Waals surface area (Å²) >= 11 is 0. The molecule has 0 bridgehead atoms. The van der Waals surface area contributed by atoms with Crippen LogP contribution in [0.3, 0.4) is 0 Å². The SMILES string of the molecule is CN(CCC(C)(C#N)NC1CC1)c1ccc(F)cc1. The third kappa shape index (κ3) is 3.93. The molecule has 0 spiro atoms. The van der Waals surface area contributed by atoms with Gasteiger partial charge in [0.15, 0.2) is 0 Å². The fourth-order valence-corrected chi connectivity index (χ4v) is 2.05. The highest BCUT2D eigenvalue weighted by Crippen LogP contribution is 2.24. The molecule has 1 aromatic rings. The lowest BCUT2D eigenvalue weighted by Gasteiger charge is -2.27. The Hall–Kier alpha value is -1.60. The molecule has 1 aromatic carbocycles. The van der Waals surface area contributed by atoms with Gasteiger partial charge in [0.05, 0.1) is 6.07 Å². The fourth-order valence-electron chi connectivity index (χ4n) is 2.05. The Morgan fingerprint density at radius 3 is 2.58 bits per heavy atom. The third-order valence-electron chi connectivity index (χ3n) is 3.56. The standard InChI is InChI=1S/C15H20FN3/c1-15(11-17,18-13-5-6-13)9-10-19(2)14-7-3-12(16)4-8-14/h3-4,7-8,13,18H,5-6,9-10H2,1-2H3. The molecule has 3 nitrogen and oxygen atoms in total. The van der Waals surface area contributed by atoms with E-state index in [1.165, 1.54) is 25.0 Å². The van der Waals surface area contributed by atoms with Crippen LogP contribution in [0.2, 0.25) is 0 Å². The average Bonchev–Trinajstić information content (AvgIpc) is 3.21. The monoisotopic (exact) mass is 261 g/mol. The first-order valence-electron chi connectivity index (χ1n) is 6.68. The van der Waals surface area contributed by atoms with Gasteiger partial charge in [-0.05, 0) is 50.5 Å². The number of rotatable bonds is 6. The van der Waals surface area contributed by atoms with Crippen molar-refractivity contribution in [3.63, 3.8) is 0 Å². The Labute approximate surface area is 114 Å². The zero-order valence-electron chi connectivity index (χ0n) is 11.5. The molecule has 0 aliphatic heterocycles. The topological polar surface area (TPSA) is 39.1 Å². The third-order valence-corrected chi connectivity index (χ3v) is 3.56. The highest BCUT2D eigenvalue weighted by Gasteiger charge is 2.32. The maximum Gasteiger partial charge on any atom is 0.123 e. The summed E-state index contributed by atoms with van der Waals surface area (Å²) in [6.07, 6.45) is 3.09. The van der Waals surface area contributed by atoms with E-state index < -0.39 is 5.54 Å². The molecule has 0 heterocycles. The van der Waals surface area contributed by atoms with Gasteiger partial charge in [0.2, 0.25) is 0 Å². The van der Waals surface area contributed by atoms with Gasteiger partial charge >= 0.3 is 0 Å². The lowest BCUT2D eigenvalue weighted by molar-refractivity contribution is 0.417. The number of hydrogen-bond donors (Lipinski definition) is 1. The predicted molar refractivity (Wildman–Crippen MR) is 74.5 cm³/mol. The highest BCUT2D eigenvalue weighted by atomic mass is 19.1. The molecule has 1 saturated carbocycles. The first-order chi connectivity index (χ1) is 9.02. The van der Waals surface area contributed by atoms with Crippen LogP contribution in [0.1, 0.15) is 26.2 Å². The van der Waals surface area contributed by atoms with Crippen molar-refractivity contribution in [1.82, 2.24) is 5.32 Å². The smallest absolute Gasteiger partial charge is 0.123 e. The van der Waals surface area contributed by atoms with Gasteiger partial charge in [-0.2, -0.15) is 5.26 Å². The summed E-state index contributed by atoms with van der Waals surface area (Å²) < 4.78 is 12.9. The van der Waals surface area contributed by atoms with Crippen LogP contribution in [-0.4, -0.2) is 25.2 Å². The van der Waals surface area contributed by atoms with E-state index in [9.17, 15) is 9.65 Å². The first kappa shape index (κ1) is 13.8. The molecule has 0 radical (unpaired) electrons. The van der Waals surface area contributed by atoms with E-state index in [4.69, 9.17) is 0 Å². The van der Waals surface area contributed by atoms with Crippen LogP contribution >= 0.6 is 0 Å². The van der Waals surface area contributed by atoms with Gasteiger partial charge in [0, 0.05) is 25.3 Å². The zero-order chi connectivity index (χ0) is 13.9. The molecule has 1 aliphatic rings. The summed E-state index contributed by atoms with van der Waals surface area (Å²) in [5.41, 5.74) is 0.489. The van der Waals surface area contributed by atoms with Crippen molar-refractivity contribution in [2.24, 2.45) is 0 Å². The maximum absolute atomic E-state index is 12.9. The van der Waals surface area contributed by atoms with Crippen LogP contribution < -0.4 is 10.2 Å². The van der Waals surface area contributed by atoms with E-state index in [2.05, 4.69) is 11.4 Å². The van der Waals surface area contributed by atoms with Gasteiger partial charge < -0.3 is 4.90 Å². The average molecular weight is 261 g/mol. The Kier molecular flexibility index (Phi) is 4.06. The molecule has 1 fully saturated rings. The molecule has 1 N–H and O–H groups in total. The minimum Gasteiger partial charge on any atom is -0.374 e. The summed E-state index contributed by atoms with van der Waals surface area (Å²) in [5.74, 6) is -0.227. The molecule has 2 rings (SSSR count). The second-order valence-corrected chi connectivity index (χ2v) is 5.51. The minimum atomic E-state index is -0.477.